The van der Waals surface area contributed by atoms with Crippen LogP contribution >= 0.6 is 0 Å². The summed E-state index contributed by atoms with van der Waals surface area (Å²) in [5.74, 6) is 0.0966. The summed E-state index contributed by atoms with van der Waals surface area (Å²) >= 11 is 0. The van der Waals surface area contributed by atoms with E-state index in [-0.39, 0.29) is 5.78 Å². The highest BCUT2D eigenvalue weighted by molar-refractivity contribution is 5.92. The number of rotatable bonds is 3. The topological polar surface area (TPSA) is 29.1 Å². The second kappa shape index (κ2) is 4.13. The third kappa shape index (κ3) is 2.90. The Morgan fingerprint density at radius 1 is 1.67 bits per heavy atom. The number of carbonyl (C=O) groups excluding carboxylic acids is 1. The van der Waals surface area contributed by atoms with Crippen molar-refractivity contribution in [2.45, 2.75) is 20.8 Å². The van der Waals surface area contributed by atoms with Crippen LogP contribution in [0.3, 0.4) is 0 Å². The fourth-order valence-corrected chi connectivity index (χ4v) is 0.620. The first-order valence-corrected chi connectivity index (χ1v) is 3.13. The summed E-state index contributed by atoms with van der Waals surface area (Å²) in [6.07, 6.45) is 1.78. The summed E-state index contributed by atoms with van der Waals surface area (Å²) < 4.78 is 0. The van der Waals surface area contributed by atoms with Gasteiger partial charge in [0, 0.05) is 13.5 Å². The standard InChI is InChI=1S/C7H13NO/c1-4-7(6(3)9)8-5-2/h4,8H,5H2,1-3H3/b7-4+. The van der Waals surface area contributed by atoms with Gasteiger partial charge in [-0.05, 0) is 13.8 Å². The van der Waals surface area contributed by atoms with Gasteiger partial charge in [0.1, 0.15) is 0 Å². The summed E-state index contributed by atoms with van der Waals surface area (Å²) in [4.78, 5) is 10.6. The second-order valence-electron chi connectivity index (χ2n) is 1.79. The molecule has 0 aliphatic heterocycles. The molecule has 9 heavy (non-hydrogen) atoms. The number of hydrogen-bond acceptors (Lipinski definition) is 2. The molecule has 0 aliphatic rings. The molecule has 0 aromatic carbocycles. The molecule has 0 aliphatic carbocycles. The van der Waals surface area contributed by atoms with E-state index in [0.29, 0.717) is 5.70 Å². The summed E-state index contributed by atoms with van der Waals surface area (Å²) in [5.41, 5.74) is 0.706. The van der Waals surface area contributed by atoms with Gasteiger partial charge in [-0.15, -0.1) is 0 Å². The zero-order chi connectivity index (χ0) is 7.28. The average molecular weight is 127 g/mol. The normalized spacial score (nSPS) is 11.2. The van der Waals surface area contributed by atoms with Crippen LogP contribution in [-0.4, -0.2) is 12.3 Å². The molecule has 0 saturated carbocycles. The van der Waals surface area contributed by atoms with Crippen LogP contribution in [0.2, 0.25) is 0 Å². The fraction of sp³-hybridized carbons (Fsp3) is 0.571. The van der Waals surface area contributed by atoms with Crippen LogP contribution in [0.4, 0.5) is 0 Å². The van der Waals surface area contributed by atoms with Gasteiger partial charge in [-0.3, -0.25) is 4.79 Å². The van der Waals surface area contributed by atoms with Crippen molar-refractivity contribution in [1.82, 2.24) is 5.32 Å². The van der Waals surface area contributed by atoms with Crippen molar-refractivity contribution >= 4 is 5.78 Å². The monoisotopic (exact) mass is 127 g/mol. The van der Waals surface area contributed by atoms with Gasteiger partial charge in [0.05, 0.1) is 5.70 Å². The Kier molecular flexibility index (Phi) is 3.76. The molecule has 2 heteroatoms. The highest BCUT2D eigenvalue weighted by Crippen LogP contribution is 1.88. The minimum atomic E-state index is 0.0966. The van der Waals surface area contributed by atoms with Crippen LogP contribution in [0.1, 0.15) is 20.8 Å². The van der Waals surface area contributed by atoms with Gasteiger partial charge in [-0.1, -0.05) is 6.08 Å². The Morgan fingerprint density at radius 2 is 2.22 bits per heavy atom. The lowest BCUT2D eigenvalue weighted by Crippen LogP contribution is -2.17. The van der Waals surface area contributed by atoms with Crippen molar-refractivity contribution in [3.8, 4) is 0 Å². The predicted octanol–water partition coefficient (Wildman–Crippen LogP) is 1.09. The van der Waals surface area contributed by atoms with E-state index in [2.05, 4.69) is 5.32 Å². The fourth-order valence-electron chi connectivity index (χ4n) is 0.620. The smallest absolute Gasteiger partial charge is 0.175 e. The van der Waals surface area contributed by atoms with Crippen LogP contribution in [0.15, 0.2) is 11.8 Å². The Morgan fingerprint density at radius 3 is 2.33 bits per heavy atom. The van der Waals surface area contributed by atoms with Crippen LogP contribution in [0, 0.1) is 0 Å². The van der Waals surface area contributed by atoms with Crippen LogP contribution in [-0.2, 0) is 4.79 Å². The van der Waals surface area contributed by atoms with Crippen molar-refractivity contribution in [1.29, 1.82) is 0 Å². The van der Waals surface area contributed by atoms with Gasteiger partial charge in [-0.25, -0.2) is 0 Å². The van der Waals surface area contributed by atoms with E-state index in [0.717, 1.165) is 6.54 Å². The molecule has 0 bridgehead atoms. The number of allylic oxidation sites excluding steroid dienone is 2. The summed E-state index contributed by atoms with van der Waals surface area (Å²) in [7, 11) is 0. The van der Waals surface area contributed by atoms with E-state index in [9.17, 15) is 4.79 Å². The molecular formula is C7H13NO. The highest BCUT2D eigenvalue weighted by Gasteiger charge is 1.96. The largest absolute Gasteiger partial charge is 0.383 e. The quantitative estimate of drug-likeness (QED) is 0.575. The zero-order valence-electron chi connectivity index (χ0n) is 6.19. The first-order valence-electron chi connectivity index (χ1n) is 3.13. The third-order valence-corrected chi connectivity index (χ3v) is 1.04. The van der Waals surface area contributed by atoms with Crippen LogP contribution < -0.4 is 5.32 Å². The van der Waals surface area contributed by atoms with E-state index in [1.54, 1.807) is 13.0 Å². The molecule has 0 aromatic rings. The van der Waals surface area contributed by atoms with Gasteiger partial charge in [0.2, 0.25) is 0 Å². The molecule has 0 spiro atoms. The molecule has 0 unspecified atom stereocenters. The number of carbonyl (C=O) groups is 1. The van der Waals surface area contributed by atoms with Crippen molar-refractivity contribution in [2.24, 2.45) is 0 Å². The molecule has 0 radical (unpaired) electrons. The van der Waals surface area contributed by atoms with Gasteiger partial charge < -0.3 is 5.32 Å². The lowest BCUT2D eigenvalue weighted by Gasteiger charge is -2.01. The SMILES string of the molecule is C/C=C(/NCC)C(C)=O. The Hall–Kier alpha value is -0.790. The maximum Gasteiger partial charge on any atom is 0.175 e. The first kappa shape index (κ1) is 8.21. The lowest BCUT2D eigenvalue weighted by atomic mass is 10.3. The zero-order valence-corrected chi connectivity index (χ0v) is 6.19. The highest BCUT2D eigenvalue weighted by atomic mass is 16.1. The number of ketones is 1. The van der Waals surface area contributed by atoms with Crippen molar-refractivity contribution in [3.05, 3.63) is 11.8 Å². The summed E-state index contributed by atoms with van der Waals surface area (Å²) in [6.45, 7) is 6.17. The minimum Gasteiger partial charge on any atom is -0.383 e. The molecule has 0 heterocycles. The molecule has 0 atom stereocenters. The Balaban J connectivity index is 3.85. The van der Waals surface area contributed by atoms with E-state index >= 15 is 0 Å². The Labute approximate surface area is 56.0 Å². The van der Waals surface area contributed by atoms with Crippen molar-refractivity contribution in [2.75, 3.05) is 6.54 Å². The maximum atomic E-state index is 10.6. The van der Waals surface area contributed by atoms with Crippen LogP contribution in [0.25, 0.3) is 0 Å². The first-order chi connectivity index (χ1) is 4.22. The van der Waals surface area contributed by atoms with Crippen LogP contribution in [0.5, 0.6) is 0 Å². The molecule has 0 fully saturated rings. The third-order valence-electron chi connectivity index (χ3n) is 1.04. The molecule has 52 valence electrons. The van der Waals surface area contributed by atoms with Crippen molar-refractivity contribution < 1.29 is 4.79 Å². The van der Waals surface area contributed by atoms with E-state index in [4.69, 9.17) is 0 Å². The maximum absolute atomic E-state index is 10.6. The molecule has 0 saturated heterocycles. The Bertz CT molecular complexity index is 127. The van der Waals surface area contributed by atoms with Gasteiger partial charge in [0.15, 0.2) is 5.78 Å². The van der Waals surface area contributed by atoms with Gasteiger partial charge in [-0.2, -0.15) is 0 Å². The van der Waals surface area contributed by atoms with E-state index < -0.39 is 0 Å². The molecular weight excluding hydrogens is 114 g/mol. The predicted molar refractivity (Wildman–Crippen MR) is 38.1 cm³/mol. The molecule has 1 N–H and O–H groups in total. The van der Waals surface area contributed by atoms with Crippen molar-refractivity contribution in [3.63, 3.8) is 0 Å². The summed E-state index contributed by atoms with van der Waals surface area (Å²) in [5, 5.41) is 2.94. The molecule has 2 nitrogen and oxygen atoms in total. The number of hydrogen-bond donors (Lipinski definition) is 1. The van der Waals surface area contributed by atoms with Gasteiger partial charge in [0.25, 0.3) is 0 Å². The van der Waals surface area contributed by atoms with E-state index in [1.807, 2.05) is 13.8 Å². The minimum absolute atomic E-state index is 0.0966. The number of Topliss-reactive ketones (excluding diaryl/α,β-unsaturated/α-hetero) is 1. The number of nitrogens with one attached hydrogen (secondary N) is 1. The molecule has 0 amide bonds. The van der Waals surface area contributed by atoms with E-state index in [1.165, 1.54) is 0 Å². The lowest BCUT2D eigenvalue weighted by molar-refractivity contribution is -0.113. The number of likely N-dealkylation sites (N-methyl/N-ethyl adjacent to an activating group) is 1. The molecule has 0 aromatic heterocycles. The van der Waals surface area contributed by atoms with Gasteiger partial charge >= 0.3 is 0 Å². The second-order valence-corrected chi connectivity index (χ2v) is 1.79. The molecule has 0 rings (SSSR count). The summed E-state index contributed by atoms with van der Waals surface area (Å²) in [6, 6.07) is 0. The average Bonchev–Trinajstić information content (AvgIpc) is 1.82.